The van der Waals surface area contributed by atoms with Gasteiger partial charge in [-0.2, -0.15) is 0 Å². The number of anilines is 1. The molecular formula is C13H20ClN3O2. The molecule has 0 aromatic heterocycles. The Morgan fingerprint density at radius 3 is 2.42 bits per heavy atom. The van der Waals surface area contributed by atoms with E-state index in [1.807, 2.05) is 25.1 Å². The van der Waals surface area contributed by atoms with Crippen LogP contribution in [0.3, 0.4) is 0 Å². The highest BCUT2D eigenvalue weighted by Gasteiger charge is 2.18. The maximum atomic E-state index is 11.7. The first kappa shape index (κ1) is 17.4. The Morgan fingerprint density at radius 1 is 1.32 bits per heavy atom. The summed E-state index contributed by atoms with van der Waals surface area (Å²) in [5, 5.41) is 2.71. The van der Waals surface area contributed by atoms with Gasteiger partial charge in [0.05, 0.1) is 12.6 Å². The van der Waals surface area contributed by atoms with Crippen LogP contribution < -0.4 is 11.1 Å². The Labute approximate surface area is 119 Å². The molecule has 0 aliphatic carbocycles. The number of para-hydroxylation sites is 1. The number of halogens is 1. The lowest BCUT2D eigenvalue weighted by Crippen LogP contribution is -2.44. The molecule has 5 nitrogen and oxygen atoms in total. The molecule has 106 valence electrons. The van der Waals surface area contributed by atoms with Gasteiger partial charge in [0.2, 0.25) is 11.8 Å². The molecule has 0 aliphatic heterocycles. The minimum Gasteiger partial charge on any atom is -0.335 e. The van der Waals surface area contributed by atoms with Crippen molar-refractivity contribution >= 4 is 29.9 Å². The SMILES string of the molecule is CC[C@H](N)C(=O)N(C)CC(=O)Nc1ccccc1.Cl. The van der Waals surface area contributed by atoms with Crippen LogP contribution in [0.25, 0.3) is 0 Å². The monoisotopic (exact) mass is 285 g/mol. The van der Waals surface area contributed by atoms with Crippen molar-refractivity contribution in [2.75, 3.05) is 18.9 Å². The van der Waals surface area contributed by atoms with Gasteiger partial charge in [-0.05, 0) is 18.6 Å². The summed E-state index contributed by atoms with van der Waals surface area (Å²) >= 11 is 0. The summed E-state index contributed by atoms with van der Waals surface area (Å²) in [5.74, 6) is -0.457. The van der Waals surface area contributed by atoms with E-state index < -0.39 is 6.04 Å². The fourth-order valence-electron chi connectivity index (χ4n) is 1.47. The van der Waals surface area contributed by atoms with Crippen LogP contribution in [0.1, 0.15) is 13.3 Å². The molecule has 0 bridgehead atoms. The molecule has 19 heavy (non-hydrogen) atoms. The Bertz CT molecular complexity index is 412. The van der Waals surface area contributed by atoms with E-state index in [1.54, 1.807) is 19.2 Å². The van der Waals surface area contributed by atoms with Gasteiger partial charge < -0.3 is 16.0 Å². The molecule has 0 aliphatic rings. The largest absolute Gasteiger partial charge is 0.335 e. The second-order valence-corrected chi connectivity index (χ2v) is 4.12. The molecule has 1 rings (SSSR count). The van der Waals surface area contributed by atoms with Crippen molar-refractivity contribution in [3.63, 3.8) is 0 Å². The zero-order valence-electron chi connectivity index (χ0n) is 11.1. The van der Waals surface area contributed by atoms with E-state index in [4.69, 9.17) is 5.73 Å². The first-order valence-corrected chi connectivity index (χ1v) is 5.90. The lowest BCUT2D eigenvalue weighted by atomic mass is 10.2. The van der Waals surface area contributed by atoms with Crippen molar-refractivity contribution in [2.24, 2.45) is 5.73 Å². The van der Waals surface area contributed by atoms with Gasteiger partial charge in [-0.1, -0.05) is 25.1 Å². The van der Waals surface area contributed by atoms with E-state index >= 15 is 0 Å². The fourth-order valence-corrected chi connectivity index (χ4v) is 1.47. The minimum atomic E-state index is -0.542. The summed E-state index contributed by atoms with van der Waals surface area (Å²) < 4.78 is 0. The maximum absolute atomic E-state index is 11.7. The highest BCUT2D eigenvalue weighted by Crippen LogP contribution is 2.05. The van der Waals surface area contributed by atoms with Crippen LogP contribution in [-0.2, 0) is 9.59 Å². The van der Waals surface area contributed by atoms with Gasteiger partial charge in [0.1, 0.15) is 0 Å². The van der Waals surface area contributed by atoms with E-state index in [2.05, 4.69) is 5.32 Å². The Balaban J connectivity index is 0.00000324. The van der Waals surface area contributed by atoms with Gasteiger partial charge in [-0.25, -0.2) is 0 Å². The van der Waals surface area contributed by atoms with Crippen molar-refractivity contribution in [1.82, 2.24) is 4.90 Å². The second kappa shape index (κ2) is 8.50. The van der Waals surface area contributed by atoms with Gasteiger partial charge in [0, 0.05) is 12.7 Å². The summed E-state index contributed by atoms with van der Waals surface area (Å²) in [4.78, 5) is 24.7. The predicted molar refractivity (Wildman–Crippen MR) is 78.2 cm³/mol. The third-order valence-electron chi connectivity index (χ3n) is 2.57. The van der Waals surface area contributed by atoms with E-state index in [1.165, 1.54) is 4.90 Å². The van der Waals surface area contributed by atoms with Crippen molar-refractivity contribution < 1.29 is 9.59 Å². The number of nitrogens with one attached hydrogen (secondary N) is 1. The van der Waals surface area contributed by atoms with Crippen LogP contribution in [0.15, 0.2) is 30.3 Å². The van der Waals surface area contributed by atoms with Crippen LogP contribution in [0, 0.1) is 0 Å². The summed E-state index contributed by atoms with van der Waals surface area (Å²) in [6.07, 6.45) is 0.559. The van der Waals surface area contributed by atoms with Crippen molar-refractivity contribution in [3.05, 3.63) is 30.3 Å². The van der Waals surface area contributed by atoms with E-state index in [0.29, 0.717) is 12.1 Å². The molecule has 0 saturated carbocycles. The molecule has 0 saturated heterocycles. The average Bonchev–Trinajstić information content (AvgIpc) is 2.37. The molecule has 0 unspecified atom stereocenters. The van der Waals surface area contributed by atoms with Crippen LogP contribution in [0.5, 0.6) is 0 Å². The van der Waals surface area contributed by atoms with Crippen molar-refractivity contribution in [2.45, 2.75) is 19.4 Å². The second-order valence-electron chi connectivity index (χ2n) is 4.12. The average molecular weight is 286 g/mol. The normalized spacial score (nSPS) is 11.1. The topological polar surface area (TPSA) is 75.4 Å². The standard InChI is InChI=1S/C13H19N3O2.ClH/c1-3-11(14)13(18)16(2)9-12(17)15-10-7-5-4-6-8-10;/h4-8,11H,3,9,14H2,1-2H3,(H,15,17);1H/t11-;/m0./s1. The zero-order valence-corrected chi connectivity index (χ0v) is 11.9. The molecule has 6 heteroatoms. The minimum absolute atomic E-state index is 0. The number of nitrogens with zero attached hydrogens (tertiary/aromatic N) is 1. The number of benzene rings is 1. The predicted octanol–water partition coefficient (Wildman–Crippen LogP) is 1.24. The number of nitrogens with two attached hydrogens (primary N) is 1. The lowest BCUT2D eigenvalue weighted by molar-refractivity contribution is -0.134. The van der Waals surface area contributed by atoms with Crippen LogP contribution in [0.4, 0.5) is 5.69 Å². The number of rotatable bonds is 5. The number of amides is 2. The van der Waals surface area contributed by atoms with E-state index in [-0.39, 0.29) is 30.8 Å². The summed E-state index contributed by atoms with van der Waals surface area (Å²) in [6.45, 7) is 1.84. The van der Waals surface area contributed by atoms with Gasteiger partial charge in [0.15, 0.2) is 0 Å². The summed E-state index contributed by atoms with van der Waals surface area (Å²) in [7, 11) is 1.57. The van der Waals surface area contributed by atoms with Gasteiger partial charge in [-0.15, -0.1) is 12.4 Å². The molecule has 0 heterocycles. The number of carbonyl (C=O) groups is 2. The van der Waals surface area contributed by atoms with Gasteiger partial charge in [0.25, 0.3) is 0 Å². The fraction of sp³-hybridized carbons (Fsp3) is 0.385. The van der Waals surface area contributed by atoms with Crippen molar-refractivity contribution in [1.29, 1.82) is 0 Å². The quantitative estimate of drug-likeness (QED) is 0.855. The Kier molecular flexibility index (Phi) is 7.79. The van der Waals surface area contributed by atoms with Crippen molar-refractivity contribution in [3.8, 4) is 0 Å². The first-order valence-electron chi connectivity index (χ1n) is 5.90. The third kappa shape index (κ3) is 5.72. The van der Waals surface area contributed by atoms with Crippen LogP contribution >= 0.6 is 12.4 Å². The molecule has 0 radical (unpaired) electrons. The smallest absolute Gasteiger partial charge is 0.243 e. The molecule has 1 atom stereocenters. The van der Waals surface area contributed by atoms with E-state index in [0.717, 1.165) is 0 Å². The maximum Gasteiger partial charge on any atom is 0.243 e. The number of carbonyl (C=O) groups excluding carboxylic acids is 2. The molecule has 3 N–H and O–H groups in total. The highest BCUT2D eigenvalue weighted by atomic mass is 35.5. The highest BCUT2D eigenvalue weighted by molar-refractivity contribution is 5.95. The summed E-state index contributed by atoms with van der Waals surface area (Å²) in [6, 6.07) is 8.56. The van der Waals surface area contributed by atoms with Gasteiger partial charge in [-0.3, -0.25) is 9.59 Å². The lowest BCUT2D eigenvalue weighted by Gasteiger charge is -2.20. The molecule has 0 spiro atoms. The number of likely N-dealkylation sites (N-methyl/N-ethyl adjacent to an activating group) is 1. The molecular weight excluding hydrogens is 266 g/mol. The molecule has 1 aromatic rings. The summed E-state index contributed by atoms with van der Waals surface area (Å²) in [5.41, 5.74) is 6.33. The van der Waals surface area contributed by atoms with Crippen LogP contribution in [-0.4, -0.2) is 36.3 Å². The molecule has 0 fully saturated rings. The zero-order chi connectivity index (χ0) is 13.5. The van der Waals surface area contributed by atoms with Gasteiger partial charge >= 0.3 is 0 Å². The first-order chi connectivity index (χ1) is 8.54. The van der Waals surface area contributed by atoms with E-state index in [9.17, 15) is 9.59 Å². The van der Waals surface area contributed by atoms with Crippen LogP contribution in [0.2, 0.25) is 0 Å². The molecule has 2 amide bonds. The number of hydrogen-bond donors (Lipinski definition) is 2. The number of hydrogen-bond acceptors (Lipinski definition) is 3. The Morgan fingerprint density at radius 2 is 1.89 bits per heavy atom. The third-order valence-corrected chi connectivity index (χ3v) is 2.57. The molecule has 1 aromatic carbocycles. The Hall–Kier alpha value is -1.59.